The molecule has 0 spiro atoms. The van der Waals surface area contributed by atoms with E-state index >= 15 is 0 Å². The van der Waals surface area contributed by atoms with Crippen molar-refractivity contribution < 1.29 is 9.94 Å². The van der Waals surface area contributed by atoms with Gasteiger partial charge in [-0.2, -0.15) is 0 Å². The monoisotopic (exact) mass is 348 g/mol. The summed E-state index contributed by atoms with van der Waals surface area (Å²) in [6, 6.07) is 15.7. The second-order valence-electron chi connectivity index (χ2n) is 4.56. The first-order valence-electron chi connectivity index (χ1n) is 6.65. The maximum absolute atomic E-state index is 8.80. The first-order chi connectivity index (χ1) is 10.2. The van der Waals surface area contributed by atoms with Crippen molar-refractivity contribution in [2.24, 2.45) is 10.9 Å². The van der Waals surface area contributed by atoms with Crippen molar-refractivity contribution in [3.63, 3.8) is 0 Å². The lowest BCUT2D eigenvalue weighted by Gasteiger charge is -2.11. The Bertz CT molecular complexity index is 615. The van der Waals surface area contributed by atoms with E-state index in [1.54, 1.807) is 6.07 Å². The Labute approximate surface area is 132 Å². The lowest BCUT2D eigenvalue weighted by molar-refractivity contribution is 0.307. The predicted molar refractivity (Wildman–Crippen MR) is 86.9 cm³/mol. The molecule has 0 heterocycles. The molecule has 21 heavy (non-hydrogen) atoms. The topological polar surface area (TPSA) is 67.8 Å². The zero-order valence-corrected chi connectivity index (χ0v) is 13.1. The van der Waals surface area contributed by atoms with Crippen molar-refractivity contribution in [1.82, 2.24) is 0 Å². The van der Waals surface area contributed by atoms with Crippen LogP contribution in [-0.4, -0.2) is 17.6 Å². The maximum atomic E-state index is 8.80. The lowest BCUT2D eigenvalue weighted by Crippen LogP contribution is -2.15. The largest absolute Gasteiger partial charge is 0.493 e. The van der Waals surface area contributed by atoms with E-state index in [1.807, 2.05) is 30.3 Å². The summed E-state index contributed by atoms with van der Waals surface area (Å²) in [7, 11) is 0. The summed E-state index contributed by atoms with van der Waals surface area (Å²) < 4.78 is 6.65. The van der Waals surface area contributed by atoms with Crippen LogP contribution in [0.3, 0.4) is 0 Å². The van der Waals surface area contributed by atoms with Gasteiger partial charge in [0.1, 0.15) is 5.75 Å². The Kier molecular flexibility index (Phi) is 5.63. The van der Waals surface area contributed by atoms with Crippen LogP contribution < -0.4 is 10.5 Å². The molecule has 3 N–H and O–H groups in total. The van der Waals surface area contributed by atoms with Crippen LogP contribution >= 0.6 is 15.9 Å². The number of benzene rings is 2. The van der Waals surface area contributed by atoms with Gasteiger partial charge in [-0.1, -0.05) is 51.4 Å². The van der Waals surface area contributed by atoms with Gasteiger partial charge in [0.25, 0.3) is 0 Å². The Morgan fingerprint density at radius 3 is 2.67 bits per heavy atom. The minimum atomic E-state index is 0.0422. The number of nitrogens with two attached hydrogens (primary N) is 1. The number of halogens is 1. The first kappa shape index (κ1) is 15.4. The molecule has 0 aliphatic carbocycles. The van der Waals surface area contributed by atoms with Crippen molar-refractivity contribution in [2.45, 2.75) is 12.8 Å². The molecule has 0 saturated heterocycles. The summed E-state index contributed by atoms with van der Waals surface area (Å²) in [5, 5.41) is 11.8. The van der Waals surface area contributed by atoms with Crippen molar-refractivity contribution >= 4 is 21.8 Å². The van der Waals surface area contributed by atoms with Gasteiger partial charge in [-0.15, -0.1) is 0 Å². The summed E-state index contributed by atoms with van der Waals surface area (Å²) >= 11 is 3.39. The van der Waals surface area contributed by atoms with E-state index in [2.05, 4.69) is 33.2 Å². The van der Waals surface area contributed by atoms with Crippen molar-refractivity contribution in [1.29, 1.82) is 0 Å². The molecule has 2 rings (SSSR count). The van der Waals surface area contributed by atoms with Crippen LogP contribution in [0, 0.1) is 0 Å². The summed E-state index contributed by atoms with van der Waals surface area (Å²) in [6.45, 7) is 0.567. The highest BCUT2D eigenvalue weighted by molar-refractivity contribution is 9.10. The highest BCUT2D eigenvalue weighted by Crippen LogP contribution is 2.24. The van der Waals surface area contributed by atoms with Crippen LogP contribution in [0.2, 0.25) is 0 Å². The fourth-order valence-electron chi connectivity index (χ4n) is 1.98. The Morgan fingerprint density at radius 1 is 1.19 bits per heavy atom. The standard InChI is InChI=1S/C16H17BrN2O2/c17-13-8-9-14(16(18)19-20)15(11-13)21-10-4-7-12-5-2-1-3-6-12/h1-3,5-6,8-9,11,20H,4,7,10H2,(H2,18,19). The number of oxime groups is 1. The predicted octanol–water partition coefficient (Wildman–Crippen LogP) is 3.56. The van der Waals surface area contributed by atoms with Gasteiger partial charge >= 0.3 is 0 Å². The summed E-state index contributed by atoms with van der Waals surface area (Å²) in [6.07, 6.45) is 1.85. The van der Waals surface area contributed by atoms with E-state index < -0.39 is 0 Å². The van der Waals surface area contributed by atoms with Crippen molar-refractivity contribution in [2.75, 3.05) is 6.61 Å². The summed E-state index contributed by atoms with van der Waals surface area (Å²) in [5.41, 5.74) is 7.51. The molecule has 0 saturated carbocycles. The van der Waals surface area contributed by atoms with Gasteiger partial charge in [0.05, 0.1) is 12.2 Å². The minimum Gasteiger partial charge on any atom is -0.493 e. The van der Waals surface area contributed by atoms with Crippen molar-refractivity contribution in [3.8, 4) is 5.75 Å². The fraction of sp³-hybridized carbons (Fsp3) is 0.188. The van der Waals surface area contributed by atoms with Crippen LogP contribution in [0.15, 0.2) is 58.2 Å². The molecule has 5 heteroatoms. The van der Waals surface area contributed by atoms with Gasteiger partial charge < -0.3 is 15.7 Å². The van der Waals surface area contributed by atoms with Crippen LogP contribution in [0.5, 0.6) is 5.75 Å². The van der Waals surface area contributed by atoms with Gasteiger partial charge in [-0.3, -0.25) is 0 Å². The van der Waals surface area contributed by atoms with E-state index in [9.17, 15) is 0 Å². The minimum absolute atomic E-state index is 0.0422. The summed E-state index contributed by atoms with van der Waals surface area (Å²) in [5.74, 6) is 0.647. The third-order valence-corrected chi connectivity index (χ3v) is 3.53. The molecule has 4 nitrogen and oxygen atoms in total. The molecule has 0 aliphatic rings. The highest BCUT2D eigenvalue weighted by atomic mass is 79.9. The molecular formula is C16H17BrN2O2. The molecule has 0 amide bonds. The second kappa shape index (κ2) is 7.69. The Balaban J connectivity index is 1.95. The van der Waals surface area contributed by atoms with Crippen LogP contribution in [-0.2, 0) is 6.42 Å². The molecule has 0 radical (unpaired) electrons. The molecule has 0 aliphatic heterocycles. The van der Waals surface area contributed by atoms with Gasteiger partial charge in [0, 0.05) is 4.47 Å². The third-order valence-electron chi connectivity index (χ3n) is 3.04. The Morgan fingerprint density at radius 2 is 1.95 bits per heavy atom. The van der Waals surface area contributed by atoms with E-state index in [0.29, 0.717) is 17.9 Å². The number of nitrogens with zero attached hydrogens (tertiary/aromatic N) is 1. The second-order valence-corrected chi connectivity index (χ2v) is 5.48. The third kappa shape index (κ3) is 4.49. The highest BCUT2D eigenvalue weighted by Gasteiger charge is 2.09. The molecular weight excluding hydrogens is 332 g/mol. The normalized spacial score (nSPS) is 11.4. The average Bonchev–Trinajstić information content (AvgIpc) is 2.52. The quantitative estimate of drug-likeness (QED) is 0.276. The van der Waals surface area contributed by atoms with E-state index in [1.165, 1.54) is 5.56 Å². The summed E-state index contributed by atoms with van der Waals surface area (Å²) in [4.78, 5) is 0. The molecule has 2 aromatic carbocycles. The van der Waals surface area contributed by atoms with Gasteiger partial charge in [0.15, 0.2) is 5.84 Å². The molecule has 110 valence electrons. The molecule has 0 fully saturated rings. The molecule has 0 unspecified atom stereocenters. The number of ether oxygens (including phenoxy) is 1. The molecule has 0 bridgehead atoms. The average molecular weight is 349 g/mol. The van der Waals surface area contributed by atoms with E-state index in [4.69, 9.17) is 15.7 Å². The van der Waals surface area contributed by atoms with Gasteiger partial charge in [0.2, 0.25) is 0 Å². The SMILES string of the molecule is N/C(=N/O)c1ccc(Br)cc1OCCCc1ccccc1. The first-order valence-corrected chi connectivity index (χ1v) is 7.44. The number of rotatable bonds is 6. The van der Waals surface area contributed by atoms with E-state index in [-0.39, 0.29) is 5.84 Å². The van der Waals surface area contributed by atoms with Crippen LogP contribution in [0.1, 0.15) is 17.5 Å². The molecule has 0 atom stereocenters. The smallest absolute Gasteiger partial charge is 0.173 e. The zero-order valence-electron chi connectivity index (χ0n) is 11.5. The lowest BCUT2D eigenvalue weighted by atomic mass is 10.1. The van der Waals surface area contributed by atoms with Crippen molar-refractivity contribution in [3.05, 3.63) is 64.1 Å². The van der Waals surface area contributed by atoms with Crippen LogP contribution in [0.25, 0.3) is 0 Å². The number of amidine groups is 1. The molecule has 2 aromatic rings. The molecule has 0 aromatic heterocycles. The number of hydrogen-bond acceptors (Lipinski definition) is 3. The van der Waals surface area contributed by atoms with Crippen LogP contribution in [0.4, 0.5) is 0 Å². The number of hydrogen-bond donors (Lipinski definition) is 2. The van der Waals surface area contributed by atoms with E-state index in [0.717, 1.165) is 17.3 Å². The fourth-order valence-corrected chi connectivity index (χ4v) is 2.32. The maximum Gasteiger partial charge on any atom is 0.173 e. The Hall–Kier alpha value is -2.01. The van der Waals surface area contributed by atoms with Gasteiger partial charge in [-0.05, 0) is 36.6 Å². The zero-order chi connectivity index (χ0) is 15.1. The number of aryl methyl sites for hydroxylation is 1. The van der Waals surface area contributed by atoms with Gasteiger partial charge in [-0.25, -0.2) is 0 Å².